The van der Waals surface area contributed by atoms with Gasteiger partial charge in [-0.25, -0.2) is 15.8 Å². The number of nitrogen functional groups attached to an aromatic ring is 1. The standard InChI is InChI=1S/C15H18N4O/c1-3-7-11-8-5-6-9-13(11)20-15-12(4-2)14(19-16)17-10-18-15/h3,5-10H,4,16H2,1-2H3,(H,17,18,19)/b7-3+. The van der Waals surface area contributed by atoms with Crippen molar-refractivity contribution in [2.75, 3.05) is 5.43 Å². The van der Waals surface area contributed by atoms with Crippen LogP contribution in [0.15, 0.2) is 36.7 Å². The molecule has 0 bridgehead atoms. The second-order valence-electron chi connectivity index (χ2n) is 4.14. The van der Waals surface area contributed by atoms with Crippen molar-refractivity contribution >= 4 is 11.9 Å². The Hall–Kier alpha value is -2.40. The fourth-order valence-electron chi connectivity index (χ4n) is 1.92. The highest BCUT2D eigenvalue weighted by Gasteiger charge is 2.12. The lowest BCUT2D eigenvalue weighted by atomic mass is 10.2. The Labute approximate surface area is 118 Å². The highest BCUT2D eigenvalue weighted by atomic mass is 16.5. The first-order valence-electron chi connectivity index (χ1n) is 6.50. The topological polar surface area (TPSA) is 73.1 Å². The average molecular weight is 270 g/mol. The fourth-order valence-corrected chi connectivity index (χ4v) is 1.92. The van der Waals surface area contributed by atoms with Gasteiger partial charge in [-0.1, -0.05) is 37.3 Å². The van der Waals surface area contributed by atoms with Gasteiger partial charge in [-0.05, 0) is 19.4 Å². The zero-order valence-electron chi connectivity index (χ0n) is 11.6. The predicted octanol–water partition coefficient (Wildman–Crippen LogP) is 3.15. The van der Waals surface area contributed by atoms with Crippen LogP contribution in [0.25, 0.3) is 6.08 Å². The number of allylic oxidation sites excluding steroid dienone is 1. The van der Waals surface area contributed by atoms with E-state index in [0.717, 1.165) is 23.3 Å². The smallest absolute Gasteiger partial charge is 0.227 e. The number of nitrogens with one attached hydrogen (secondary N) is 1. The predicted molar refractivity (Wildman–Crippen MR) is 80.4 cm³/mol. The molecule has 1 heterocycles. The van der Waals surface area contributed by atoms with Gasteiger partial charge in [0, 0.05) is 5.56 Å². The average Bonchev–Trinajstić information content (AvgIpc) is 2.49. The normalized spacial score (nSPS) is 10.8. The van der Waals surface area contributed by atoms with E-state index in [4.69, 9.17) is 10.6 Å². The maximum atomic E-state index is 5.93. The number of anilines is 1. The molecule has 5 nitrogen and oxygen atoms in total. The lowest BCUT2D eigenvalue weighted by molar-refractivity contribution is 0.454. The molecule has 1 aromatic carbocycles. The van der Waals surface area contributed by atoms with Crippen LogP contribution in [0.3, 0.4) is 0 Å². The molecule has 0 saturated carbocycles. The molecule has 0 aliphatic heterocycles. The molecule has 3 N–H and O–H groups in total. The molecule has 0 fully saturated rings. The number of hydrogen-bond acceptors (Lipinski definition) is 5. The molecule has 0 atom stereocenters. The molecule has 2 aromatic rings. The third kappa shape index (κ3) is 2.95. The molecule has 0 unspecified atom stereocenters. The highest BCUT2D eigenvalue weighted by Crippen LogP contribution is 2.29. The number of rotatable bonds is 5. The van der Waals surface area contributed by atoms with Gasteiger partial charge in [0.15, 0.2) is 0 Å². The van der Waals surface area contributed by atoms with E-state index in [2.05, 4.69) is 15.4 Å². The third-order valence-electron chi connectivity index (χ3n) is 2.87. The van der Waals surface area contributed by atoms with E-state index in [-0.39, 0.29) is 0 Å². The van der Waals surface area contributed by atoms with Crippen LogP contribution < -0.4 is 16.0 Å². The summed E-state index contributed by atoms with van der Waals surface area (Å²) in [5.41, 5.74) is 4.42. The minimum Gasteiger partial charge on any atom is -0.438 e. The molecule has 0 radical (unpaired) electrons. The Bertz CT molecular complexity index is 611. The van der Waals surface area contributed by atoms with Crippen molar-refractivity contribution in [3.05, 3.63) is 47.8 Å². The Kier molecular flexibility index (Phi) is 4.68. The molecule has 0 saturated heterocycles. The van der Waals surface area contributed by atoms with Crippen molar-refractivity contribution < 1.29 is 4.74 Å². The summed E-state index contributed by atoms with van der Waals surface area (Å²) in [7, 11) is 0. The van der Waals surface area contributed by atoms with Crippen LogP contribution in [0, 0.1) is 0 Å². The van der Waals surface area contributed by atoms with E-state index in [0.29, 0.717) is 11.7 Å². The Morgan fingerprint density at radius 3 is 2.80 bits per heavy atom. The number of aromatic nitrogens is 2. The molecule has 5 heteroatoms. The number of ether oxygens (including phenoxy) is 1. The number of para-hydroxylation sites is 1. The van der Waals surface area contributed by atoms with Gasteiger partial charge >= 0.3 is 0 Å². The number of benzene rings is 1. The van der Waals surface area contributed by atoms with E-state index in [9.17, 15) is 0 Å². The van der Waals surface area contributed by atoms with Crippen LogP contribution in [0.5, 0.6) is 11.6 Å². The molecule has 0 amide bonds. The molecular formula is C15H18N4O. The van der Waals surface area contributed by atoms with Crippen molar-refractivity contribution in [2.45, 2.75) is 20.3 Å². The number of hydrogen-bond donors (Lipinski definition) is 2. The Balaban J connectivity index is 2.40. The van der Waals surface area contributed by atoms with Crippen molar-refractivity contribution in [3.8, 4) is 11.6 Å². The second-order valence-corrected chi connectivity index (χ2v) is 4.14. The SMILES string of the molecule is C/C=C/c1ccccc1Oc1ncnc(NN)c1CC. The molecule has 20 heavy (non-hydrogen) atoms. The van der Waals surface area contributed by atoms with Crippen molar-refractivity contribution in [2.24, 2.45) is 5.84 Å². The van der Waals surface area contributed by atoms with Crippen LogP contribution >= 0.6 is 0 Å². The zero-order chi connectivity index (χ0) is 14.4. The summed E-state index contributed by atoms with van der Waals surface area (Å²) >= 11 is 0. The van der Waals surface area contributed by atoms with Crippen LogP contribution in [-0.4, -0.2) is 9.97 Å². The van der Waals surface area contributed by atoms with Gasteiger partial charge in [-0.15, -0.1) is 0 Å². The summed E-state index contributed by atoms with van der Waals surface area (Å²) < 4.78 is 5.93. The van der Waals surface area contributed by atoms with Crippen LogP contribution in [0.1, 0.15) is 25.0 Å². The van der Waals surface area contributed by atoms with Crippen molar-refractivity contribution in [1.29, 1.82) is 0 Å². The van der Waals surface area contributed by atoms with Gasteiger partial charge in [0.25, 0.3) is 0 Å². The molecule has 1 aromatic heterocycles. The Morgan fingerprint density at radius 1 is 1.30 bits per heavy atom. The first-order chi connectivity index (χ1) is 9.80. The van der Waals surface area contributed by atoms with E-state index in [1.54, 1.807) is 0 Å². The summed E-state index contributed by atoms with van der Waals surface area (Å²) in [5.74, 6) is 7.32. The Morgan fingerprint density at radius 2 is 2.10 bits per heavy atom. The zero-order valence-corrected chi connectivity index (χ0v) is 11.6. The van der Waals surface area contributed by atoms with E-state index >= 15 is 0 Å². The summed E-state index contributed by atoms with van der Waals surface area (Å²) in [4.78, 5) is 8.29. The van der Waals surface area contributed by atoms with Gasteiger partial charge in [0.05, 0.1) is 5.56 Å². The monoisotopic (exact) mass is 270 g/mol. The number of nitrogens with two attached hydrogens (primary N) is 1. The largest absolute Gasteiger partial charge is 0.438 e. The molecular weight excluding hydrogens is 252 g/mol. The molecule has 104 valence electrons. The molecule has 0 aliphatic carbocycles. The summed E-state index contributed by atoms with van der Waals surface area (Å²) in [6.07, 6.45) is 6.11. The minimum atomic E-state index is 0.521. The number of hydrazine groups is 1. The first-order valence-corrected chi connectivity index (χ1v) is 6.50. The summed E-state index contributed by atoms with van der Waals surface area (Å²) in [5, 5.41) is 0. The van der Waals surface area contributed by atoms with Gasteiger partial charge in [-0.2, -0.15) is 0 Å². The van der Waals surface area contributed by atoms with Gasteiger partial charge in [0.2, 0.25) is 5.88 Å². The first kappa shape index (κ1) is 14.0. The van der Waals surface area contributed by atoms with E-state index in [1.165, 1.54) is 6.33 Å². The van der Waals surface area contributed by atoms with Crippen LogP contribution in [-0.2, 0) is 6.42 Å². The maximum absolute atomic E-state index is 5.93. The van der Waals surface area contributed by atoms with Gasteiger partial charge in [-0.3, -0.25) is 0 Å². The lowest BCUT2D eigenvalue weighted by Gasteiger charge is -2.13. The van der Waals surface area contributed by atoms with Crippen molar-refractivity contribution in [3.63, 3.8) is 0 Å². The quantitative estimate of drug-likeness (QED) is 0.645. The van der Waals surface area contributed by atoms with E-state index < -0.39 is 0 Å². The van der Waals surface area contributed by atoms with Gasteiger partial charge in [0.1, 0.15) is 17.9 Å². The highest BCUT2D eigenvalue weighted by molar-refractivity contribution is 5.58. The number of nitrogens with zero attached hydrogens (tertiary/aromatic N) is 2. The molecule has 0 spiro atoms. The van der Waals surface area contributed by atoms with Gasteiger partial charge < -0.3 is 10.2 Å². The fraction of sp³-hybridized carbons (Fsp3) is 0.200. The van der Waals surface area contributed by atoms with Crippen LogP contribution in [0.4, 0.5) is 5.82 Å². The summed E-state index contributed by atoms with van der Waals surface area (Å²) in [6, 6.07) is 7.80. The van der Waals surface area contributed by atoms with E-state index in [1.807, 2.05) is 50.3 Å². The summed E-state index contributed by atoms with van der Waals surface area (Å²) in [6.45, 7) is 3.97. The second kappa shape index (κ2) is 6.68. The molecule has 0 aliphatic rings. The van der Waals surface area contributed by atoms with Crippen molar-refractivity contribution in [1.82, 2.24) is 9.97 Å². The maximum Gasteiger partial charge on any atom is 0.227 e. The minimum absolute atomic E-state index is 0.521. The molecule has 2 rings (SSSR count). The lowest BCUT2D eigenvalue weighted by Crippen LogP contribution is -2.12. The third-order valence-corrected chi connectivity index (χ3v) is 2.87. The van der Waals surface area contributed by atoms with Crippen LogP contribution in [0.2, 0.25) is 0 Å².